The third-order valence-corrected chi connectivity index (χ3v) is 6.35. The third kappa shape index (κ3) is 3.61. The Morgan fingerprint density at radius 3 is 2.41 bits per heavy atom. The topological polar surface area (TPSA) is 71.8 Å². The van der Waals surface area contributed by atoms with Crippen LogP contribution in [0, 0.1) is 25.2 Å². The van der Waals surface area contributed by atoms with E-state index >= 15 is 0 Å². The Morgan fingerprint density at radius 2 is 1.69 bits per heavy atom. The van der Waals surface area contributed by atoms with Gasteiger partial charge in [0.05, 0.1) is 17.3 Å². The van der Waals surface area contributed by atoms with Gasteiger partial charge in [0.15, 0.2) is 5.65 Å². The van der Waals surface area contributed by atoms with Crippen LogP contribution in [-0.2, 0) is 0 Å². The van der Waals surface area contributed by atoms with E-state index < -0.39 is 0 Å². The average Bonchev–Trinajstić information content (AvgIpc) is 3.23. The Kier molecular flexibility index (Phi) is 5.12. The molecule has 160 valence electrons. The second-order valence-electron chi connectivity index (χ2n) is 8.64. The van der Waals surface area contributed by atoms with Crippen molar-refractivity contribution in [3.8, 4) is 28.5 Å². The van der Waals surface area contributed by atoms with Gasteiger partial charge in [-0.05, 0) is 67.9 Å². The maximum atomic E-state index is 9.26. The van der Waals surface area contributed by atoms with Crippen LogP contribution in [0.15, 0.2) is 48.7 Å². The summed E-state index contributed by atoms with van der Waals surface area (Å²) in [4.78, 5) is 8.09. The molecular formula is C26H26N6. The van der Waals surface area contributed by atoms with Crippen molar-refractivity contribution >= 4 is 16.7 Å². The number of H-pyrrole nitrogens is 1. The fourth-order valence-electron chi connectivity index (χ4n) is 4.69. The summed E-state index contributed by atoms with van der Waals surface area (Å²) in [6.45, 7) is 8.66. The van der Waals surface area contributed by atoms with E-state index in [1.54, 1.807) is 0 Å². The number of anilines is 1. The molecule has 0 aliphatic carbocycles. The fraction of sp³-hybridized carbons (Fsp3) is 0.269. The minimum atomic E-state index is 0.643. The number of aromatic nitrogens is 3. The number of fused-ring (bicyclic) bond motifs is 1. The van der Waals surface area contributed by atoms with Crippen LogP contribution >= 0.6 is 0 Å². The first-order chi connectivity index (χ1) is 15.5. The summed E-state index contributed by atoms with van der Waals surface area (Å²) in [5, 5.41) is 19.2. The van der Waals surface area contributed by atoms with E-state index in [9.17, 15) is 5.26 Å². The SMILES string of the molecule is Cc1cc(-c2cc3c(-c4cccc(C#N)c4)c[nH]c3nn2)cc(C)c1N1CCN(C)CC1. The molecule has 1 N–H and O–H groups in total. The van der Waals surface area contributed by atoms with E-state index in [0.29, 0.717) is 5.56 Å². The molecule has 4 aromatic rings. The Bertz CT molecular complexity index is 1320. The number of nitrogens with zero attached hydrogens (tertiary/aromatic N) is 5. The van der Waals surface area contributed by atoms with Crippen molar-refractivity contribution in [2.24, 2.45) is 0 Å². The van der Waals surface area contributed by atoms with E-state index in [1.165, 1.54) is 16.8 Å². The van der Waals surface area contributed by atoms with Crippen LogP contribution in [0.4, 0.5) is 5.69 Å². The molecule has 32 heavy (non-hydrogen) atoms. The van der Waals surface area contributed by atoms with E-state index in [2.05, 4.69) is 70.1 Å². The van der Waals surface area contributed by atoms with Crippen LogP contribution in [0.5, 0.6) is 0 Å². The second kappa shape index (κ2) is 8.10. The first kappa shape index (κ1) is 20.2. The maximum absolute atomic E-state index is 9.26. The third-order valence-electron chi connectivity index (χ3n) is 6.35. The predicted octanol–water partition coefficient (Wildman–Crippen LogP) is 4.53. The van der Waals surface area contributed by atoms with Gasteiger partial charge in [-0.2, -0.15) is 5.26 Å². The molecule has 5 rings (SSSR count). The summed E-state index contributed by atoms with van der Waals surface area (Å²) in [5.41, 5.74) is 9.20. The van der Waals surface area contributed by atoms with Gasteiger partial charge in [-0.25, -0.2) is 0 Å². The highest BCUT2D eigenvalue weighted by Crippen LogP contribution is 2.34. The van der Waals surface area contributed by atoms with E-state index in [0.717, 1.165) is 59.6 Å². The average molecular weight is 423 g/mol. The van der Waals surface area contributed by atoms with Gasteiger partial charge in [0.1, 0.15) is 0 Å². The van der Waals surface area contributed by atoms with E-state index in [4.69, 9.17) is 0 Å². The molecule has 0 spiro atoms. The highest BCUT2D eigenvalue weighted by Gasteiger charge is 2.19. The zero-order valence-corrected chi connectivity index (χ0v) is 18.7. The van der Waals surface area contributed by atoms with Crippen LogP contribution in [-0.4, -0.2) is 53.3 Å². The Labute approximate surface area is 188 Å². The molecule has 1 aliphatic heterocycles. The molecule has 0 amide bonds. The summed E-state index contributed by atoms with van der Waals surface area (Å²) >= 11 is 0. The largest absolute Gasteiger partial charge is 0.369 e. The quantitative estimate of drug-likeness (QED) is 0.525. The number of nitriles is 1. The maximum Gasteiger partial charge on any atom is 0.160 e. The van der Waals surface area contributed by atoms with Gasteiger partial charge in [-0.1, -0.05) is 12.1 Å². The molecule has 3 heterocycles. The Morgan fingerprint density at radius 1 is 0.938 bits per heavy atom. The van der Waals surface area contributed by atoms with Crippen LogP contribution in [0.25, 0.3) is 33.4 Å². The lowest BCUT2D eigenvalue weighted by Crippen LogP contribution is -2.45. The molecule has 6 nitrogen and oxygen atoms in total. The first-order valence-electron chi connectivity index (χ1n) is 10.9. The first-order valence-corrected chi connectivity index (χ1v) is 10.9. The number of rotatable bonds is 3. The van der Waals surface area contributed by atoms with Crippen LogP contribution in [0.2, 0.25) is 0 Å². The van der Waals surface area contributed by atoms with Crippen molar-refractivity contribution in [2.45, 2.75) is 13.8 Å². The molecule has 0 bridgehead atoms. The molecule has 1 aliphatic rings. The number of nitrogens with one attached hydrogen (secondary N) is 1. The van der Waals surface area contributed by atoms with E-state index in [-0.39, 0.29) is 0 Å². The number of hydrogen-bond donors (Lipinski definition) is 1. The molecule has 1 fully saturated rings. The zero-order chi connectivity index (χ0) is 22.2. The molecule has 6 heteroatoms. The standard InChI is InChI=1S/C26H26N6/c1-17-11-21(12-18(2)25(17)32-9-7-31(3)8-10-32)24-14-22-23(16-28-26(22)30-29-24)20-6-4-5-19(13-20)15-27/h4-6,11-14,16H,7-10H2,1-3H3,(H,28,30). The van der Waals surface area contributed by atoms with Crippen LogP contribution in [0.1, 0.15) is 16.7 Å². The van der Waals surface area contributed by atoms with Gasteiger partial charge >= 0.3 is 0 Å². The van der Waals surface area contributed by atoms with Gasteiger partial charge in [-0.15, -0.1) is 10.2 Å². The number of aryl methyl sites for hydroxylation is 2. The zero-order valence-electron chi connectivity index (χ0n) is 18.7. The van der Waals surface area contributed by atoms with Gasteiger partial charge in [0.2, 0.25) is 0 Å². The minimum absolute atomic E-state index is 0.643. The van der Waals surface area contributed by atoms with Crippen molar-refractivity contribution in [1.82, 2.24) is 20.1 Å². The van der Waals surface area contributed by atoms with Crippen LogP contribution in [0.3, 0.4) is 0 Å². The van der Waals surface area contributed by atoms with Crippen molar-refractivity contribution in [3.63, 3.8) is 0 Å². The highest BCUT2D eigenvalue weighted by molar-refractivity contribution is 5.95. The van der Waals surface area contributed by atoms with Gasteiger partial charge < -0.3 is 14.8 Å². The number of benzene rings is 2. The number of hydrogen-bond acceptors (Lipinski definition) is 5. The molecule has 0 radical (unpaired) electrons. The smallest absolute Gasteiger partial charge is 0.160 e. The molecule has 2 aromatic carbocycles. The van der Waals surface area contributed by atoms with Crippen LogP contribution < -0.4 is 4.90 Å². The lowest BCUT2D eigenvalue weighted by atomic mass is 9.99. The highest BCUT2D eigenvalue weighted by atomic mass is 15.2. The second-order valence-corrected chi connectivity index (χ2v) is 8.64. The fourth-order valence-corrected chi connectivity index (χ4v) is 4.69. The number of piperazine rings is 1. The lowest BCUT2D eigenvalue weighted by Gasteiger charge is -2.36. The number of aromatic amines is 1. The molecule has 0 atom stereocenters. The summed E-state index contributed by atoms with van der Waals surface area (Å²) in [6, 6.07) is 16.4. The van der Waals surface area contributed by atoms with Crippen molar-refractivity contribution in [3.05, 3.63) is 65.4 Å². The lowest BCUT2D eigenvalue weighted by molar-refractivity contribution is 0.312. The summed E-state index contributed by atoms with van der Waals surface area (Å²) in [7, 11) is 2.18. The monoisotopic (exact) mass is 422 g/mol. The normalized spacial score (nSPS) is 14.6. The van der Waals surface area contributed by atoms with Crippen molar-refractivity contribution in [1.29, 1.82) is 5.26 Å². The van der Waals surface area contributed by atoms with Gasteiger partial charge in [0.25, 0.3) is 0 Å². The molecule has 1 saturated heterocycles. The summed E-state index contributed by atoms with van der Waals surface area (Å²) < 4.78 is 0. The van der Waals surface area contributed by atoms with Gasteiger partial charge in [0, 0.05) is 54.6 Å². The minimum Gasteiger partial charge on any atom is -0.369 e. The number of likely N-dealkylation sites (N-methyl/N-ethyl adjacent to an activating group) is 1. The molecule has 0 saturated carbocycles. The van der Waals surface area contributed by atoms with Crippen molar-refractivity contribution in [2.75, 3.05) is 38.1 Å². The Hall–Kier alpha value is -3.69. The predicted molar refractivity (Wildman–Crippen MR) is 129 cm³/mol. The molecular weight excluding hydrogens is 396 g/mol. The molecule has 2 aromatic heterocycles. The summed E-state index contributed by atoms with van der Waals surface area (Å²) in [6.07, 6.45) is 1.94. The Balaban J connectivity index is 1.54. The van der Waals surface area contributed by atoms with E-state index in [1.807, 2.05) is 30.5 Å². The van der Waals surface area contributed by atoms with Gasteiger partial charge in [-0.3, -0.25) is 0 Å². The van der Waals surface area contributed by atoms with Crippen molar-refractivity contribution < 1.29 is 0 Å². The molecule has 0 unspecified atom stereocenters. The summed E-state index contributed by atoms with van der Waals surface area (Å²) in [5.74, 6) is 0.